The predicted octanol–water partition coefficient (Wildman–Crippen LogP) is 6.11. The summed E-state index contributed by atoms with van der Waals surface area (Å²) in [5.41, 5.74) is 8.37. The van der Waals surface area contributed by atoms with Gasteiger partial charge in [-0.1, -0.05) is 81.4 Å². The van der Waals surface area contributed by atoms with Crippen molar-refractivity contribution < 1.29 is 24.6 Å². The van der Waals surface area contributed by atoms with Gasteiger partial charge in [-0.3, -0.25) is 19.3 Å². The highest BCUT2D eigenvalue weighted by Gasteiger charge is 2.45. The van der Waals surface area contributed by atoms with Crippen LogP contribution in [0.15, 0.2) is 90.6 Å². The van der Waals surface area contributed by atoms with E-state index in [2.05, 4.69) is 55.0 Å². The van der Waals surface area contributed by atoms with Gasteiger partial charge in [-0.15, -0.1) is 11.3 Å². The lowest BCUT2D eigenvalue weighted by atomic mass is 9.85. The van der Waals surface area contributed by atoms with Gasteiger partial charge in [0.05, 0.1) is 46.7 Å². The topological polar surface area (TPSA) is 161 Å². The number of benzene rings is 3. The Labute approximate surface area is 343 Å². The summed E-state index contributed by atoms with van der Waals surface area (Å²) in [4.78, 5) is 50.5. The van der Waals surface area contributed by atoms with Crippen LogP contribution in [0, 0.1) is 12.3 Å². The van der Waals surface area contributed by atoms with E-state index < -0.39 is 23.6 Å². The molecule has 3 aromatic carbocycles. The number of β-amino-alcohol motifs (C(OH)–C–C–N with tert-alkyl or cyclic N) is 1. The van der Waals surface area contributed by atoms with E-state index in [9.17, 15) is 24.6 Å². The van der Waals surface area contributed by atoms with Gasteiger partial charge >= 0.3 is 0 Å². The number of aromatic hydroxyl groups is 1. The normalized spacial score (nSPS) is 19.5. The second kappa shape index (κ2) is 17.2. The molecule has 5 aromatic rings. The molecule has 0 bridgehead atoms. The number of rotatable bonds is 11. The number of hydrogen-bond acceptors (Lipinski definition) is 10. The Kier molecular flexibility index (Phi) is 12.0. The molecule has 58 heavy (non-hydrogen) atoms. The number of aliphatic hydroxyl groups is 1. The van der Waals surface area contributed by atoms with Gasteiger partial charge in [-0.25, -0.2) is 4.98 Å². The minimum atomic E-state index is -0.902. The van der Waals surface area contributed by atoms with Gasteiger partial charge in [0.25, 0.3) is 0 Å². The lowest BCUT2D eigenvalue weighted by Gasteiger charge is -2.36. The highest BCUT2D eigenvalue weighted by atomic mass is 32.1. The summed E-state index contributed by atoms with van der Waals surface area (Å²) in [6.45, 7) is 11.1. The van der Waals surface area contributed by atoms with Crippen LogP contribution < -0.4 is 10.6 Å². The number of para-hydroxylation sites is 1. The zero-order valence-corrected chi connectivity index (χ0v) is 34.4. The van der Waals surface area contributed by atoms with Crippen LogP contribution in [0.5, 0.6) is 5.75 Å². The van der Waals surface area contributed by atoms with Crippen LogP contribution >= 0.6 is 11.3 Å². The molecular weight excluding hydrogens is 751 g/mol. The number of aliphatic hydroxyl groups excluding tert-OH is 1. The molecule has 0 radical (unpaired) electrons. The molecule has 2 saturated heterocycles. The summed E-state index contributed by atoms with van der Waals surface area (Å²) in [6.07, 6.45) is 1.86. The fourth-order valence-corrected chi connectivity index (χ4v) is 8.78. The minimum absolute atomic E-state index is 0.0126. The molecule has 12 nitrogen and oxygen atoms in total. The fourth-order valence-electron chi connectivity index (χ4n) is 7.97. The van der Waals surface area contributed by atoms with Crippen molar-refractivity contribution in [2.24, 2.45) is 5.41 Å². The lowest BCUT2D eigenvalue weighted by molar-refractivity contribution is -0.144. The number of amides is 3. The van der Waals surface area contributed by atoms with Crippen molar-refractivity contribution >= 4 is 29.1 Å². The third-order valence-electron chi connectivity index (χ3n) is 11.2. The molecule has 5 atom stereocenters. The fraction of sp³-hybridized carbons (Fsp3) is 0.378. The quantitative estimate of drug-likeness (QED) is 0.124. The maximum absolute atomic E-state index is 14.2. The molecule has 4 heterocycles. The molecule has 7 rings (SSSR count). The first kappa shape index (κ1) is 40.7. The van der Waals surface area contributed by atoms with Crippen LogP contribution in [-0.4, -0.2) is 97.3 Å². The molecule has 3 unspecified atom stereocenters. The first-order valence-corrected chi connectivity index (χ1v) is 20.7. The Morgan fingerprint density at radius 1 is 0.948 bits per heavy atom. The molecular formula is C45H51N7O5S. The average molecular weight is 802 g/mol. The van der Waals surface area contributed by atoms with Gasteiger partial charge < -0.3 is 25.7 Å². The zero-order valence-electron chi connectivity index (χ0n) is 33.6. The van der Waals surface area contributed by atoms with Crippen molar-refractivity contribution in [3.8, 4) is 38.6 Å². The van der Waals surface area contributed by atoms with Crippen molar-refractivity contribution in [2.75, 3.05) is 26.2 Å². The Morgan fingerprint density at radius 3 is 2.36 bits per heavy atom. The number of carbonyl (C=O) groups excluding carboxylic acids is 3. The van der Waals surface area contributed by atoms with E-state index in [4.69, 9.17) is 0 Å². The zero-order chi connectivity index (χ0) is 41.1. The molecule has 2 aliphatic heterocycles. The lowest BCUT2D eigenvalue weighted by Crippen LogP contribution is -2.58. The number of phenolic OH excluding ortho intramolecular Hbond substituents is 1. The van der Waals surface area contributed by atoms with E-state index >= 15 is 0 Å². The highest BCUT2D eigenvalue weighted by Crippen LogP contribution is 2.33. The Balaban J connectivity index is 0.947. The molecule has 0 aliphatic carbocycles. The molecule has 3 amide bonds. The molecule has 2 aliphatic rings. The summed E-state index contributed by atoms with van der Waals surface area (Å²) in [5, 5.41) is 35.4. The monoisotopic (exact) mass is 801 g/mol. The second-order valence-corrected chi connectivity index (χ2v) is 17.4. The summed E-state index contributed by atoms with van der Waals surface area (Å²) in [7, 11) is 0. The third kappa shape index (κ3) is 9.12. The Bertz CT molecular complexity index is 2250. The molecule has 302 valence electrons. The van der Waals surface area contributed by atoms with Crippen LogP contribution in [0.25, 0.3) is 32.8 Å². The number of aromatic nitrogens is 3. The summed E-state index contributed by atoms with van der Waals surface area (Å²) < 4.78 is 0. The van der Waals surface area contributed by atoms with Gasteiger partial charge in [0, 0.05) is 30.6 Å². The van der Waals surface area contributed by atoms with Crippen molar-refractivity contribution in [3.05, 3.63) is 107 Å². The van der Waals surface area contributed by atoms with E-state index in [-0.39, 0.29) is 54.9 Å². The number of phenols is 1. The van der Waals surface area contributed by atoms with Crippen molar-refractivity contribution in [1.82, 2.24) is 35.6 Å². The standard InChI is InChI=1S/C45H51N7O5S/c1-27(29-10-16-32(17-11-29)41-28(2)46-26-58-41)48-43(56)38-21-35(53)24-52(38)44(57)42(45(3,4)5)49-40(55)25-51-19-18-33(23-51)30-12-14-31(15-13-30)34-20-37(50-47-22-34)36-8-6-7-9-39(36)54/h6-17,20,22,26-27,33,35,38,42,53-54H,18-19,21,23-25H2,1-5H3,(H,48,56)(H,49,55)/t27?,33?,35-,38+,42?/m1/s1. The van der Waals surface area contributed by atoms with E-state index in [1.54, 1.807) is 29.7 Å². The van der Waals surface area contributed by atoms with Crippen LogP contribution in [0.3, 0.4) is 0 Å². The second-order valence-electron chi connectivity index (χ2n) is 16.6. The van der Waals surface area contributed by atoms with E-state index in [1.165, 1.54) is 10.5 Å². The first-order valence-electron chi connectivity index (χ1n) is 19.8. The number of aryl methyl sites for hydroxylation is 1. The van der Waals surface area contributed by atoms with Gasteiger partial charge in [-0.05, 0) is 78.6 Å². The van der Waals surface area contributed by atoms with Gasteiger partial charge in [0.1, 0.15) is 17.8 Å². The summed E-state index contributed by atoms with van der Waals surface area (Å²) in [5.74, 6) is -0.602. The number of carbonyl (C=O) groups is 3. The van der Waals surface area contributed by atoms with Gasteiger partial charge in [0.2, 0.25) is 17.7 Å². The van der Waals surface area contributed by atoms with E-state index in [1.807, 2.05) is 82.6 Å². The van der Waals surface area contributed by atoms with Gasteiger partial charge in [0.15, 0.2) is 0 Å². The molecule has 0 spiro atoms. The van der Waals surface area contributed by atoms with Crippen LogP contribution in [0.2, 0.25) is 0 Å². The van der Waals surface area contributed by atoms with Gasteiger partial charge in [-0.2, -0.15) is 10.2 Å². The SMILES string of the molecule is Cc1ncsc1-c1ccc(C(C)NC(=O)[C@@H]2C[C@@H](O)CN2C(=O)C(NC(=O)CN2CCC(c3ccc(-c4cnnc(-c5ccccc5O)c4)cc3)C2)C(C)(C)C)cc1. The number of hydrogen-bond donors (Lipinski definition) is 4. The van der Waals surface area contributed by atoms with Crippen LogP contribution in [0.4, 0.5) is 0 Å². The molecule has 13 heteroatoms. The largest absolute Gasteiger partial charge is 0.507 e. The molecule has 2 fully saturated rings. The number of likely N-dealkylation sites (tertiary alicyclic amines) is 2. The summed E-state index contributed by atoms with van der Waals surface area (Å²) >= 11 is 1.58. The smallest absolute Gasteiger partial charge is 0.246 e. The number of nitrogens with zero attached hydrogens (tertiary/aromatic N) is 5. The first-order chi connectivity index (χ1) is 27.7. The molecule has 4 N–H and O–H groups in total. The van der Waals surface area contributed by atoms with Crippen LogP contribution in [0.1, 0.15) is 69.3 Å². The van der Waals surface area contributed by atoms with E-state index in [0.29, 0.717) is 17.8 Å². The summed E-state index contributed by atoms with van der Waals surface area (Å²) in [6, 6.07) is 23.2. The molecule has 0 saturated carbocycles. The average Bonchev–Trinajstić information content (AvgIpc) is 3.96. The minimum Gasteiger partial charge on any atom is -0.507 e. The highest BCUT2D eigenvalue weighted by molar-refractivity contribution is 7.13. The number of thiazole rings is 1. The van der Waals surface area contributed by atoms with E-state index in [0.717, 1.165) is 45.8 Å². The van der Waals surface area contributed by atoms with Crippen molar-refractivity contribution in [1.29, 1.82) is 0 Å². The Hall–Kier alpha value is -5.50. The maximum atomic E-state index is 14.2. The number of nitrogens with one attached hydrogen (secondary N) is 2. The predicted molar refractivity (Wildman–Crippen MR) is 225 cm³/mol. The molecule has 2 aromatic heterocycles. The van der Waals surface area contributed by atoms with Crippen molar-refractivity contribution in [3.63, 3.8) is 0 Å². The van der Waals surface area contributed by atoms with Crippen LogP contribution in [-0.2, 0) is 14.4 Å². The third-order valence-corrected chi connectivity index (χ3v) is 12.2. The Morgan fingerprint density at radius 2 is 1.67 bits per heavy atom. The van der Waals surface area contributed by atoms with Crippen molar-refractivity contribution in [2.45, 2.75) is 77.6 Å². The maximum Gasteiger partial charge on any atom is 0.246 e.